The Balaban J connectivity index is 2.32. The van der Waals surface area contributed by atoms with E-state index in [1.807, 2.05) is 0 Å². The van der Waals surface area contributed by atoms with Crippen molar-refractivity contribution in [3.63, 3.8) is 0 Å². The minimum absolute atomic E-state index is 0.0260. The normalized spacial score (nSPS) is 11.6. The van der Waals surface area contributed by atoms with Crippen molar-refractivity contribution in [2.45, 2.75) is 19.6 Å². The van der Waals surface area contributed by atoms with Crippen molar-refractivity contribution in [2.24, 2.45) is 5.73 Å². The second kappa shape index (κ2) is 4.93. The van der Waals surface area contributed by atoms with E-state index in [4.69, 9.17) is 10.5 Å². The van der Waals surface area contributed by atoms with Crippen LogP contribution in [0.1, 0.15) is 16.8 Å². The number of nitrogens with two attached hydrogens (primary N) is 1. The van der Waals surface area contributed by atoms with Gasteiger partial charge in [-0.2, -0.15) is 13.2 Å². The van der Waals surface area contributed by atoms with Crippen molar-refractivity contribution in [3.8, 4) is 11.6 Å². The third-order valence-electron chi connectivity index (χ3n) is 2.51. The van der Waals surface area contributed by atoms with E-state index in [1.165, 1.54) is 12.1 Å². The molecular formula is C12H12F3N3O. The minimum Gasteiger partial charge on any atom is -0.438 e. The molecule has 0 spiro atoms. The summed E-state index contributed by atoms with van der Waals surface area (Å²) in [6.07, 6.45) is -4.46. The smallest absolute Gasteiger partial charge is 0.416 e. The molecule has 0 saturated heterocycles. The van der Waals surface area contributed by atoms with Gasteiger partial charge in [0.15, 0.2) is 0 Å². The zero-order valence-electron chi connectivity index (χ0n) is 10.1. The maximum absolute atomic E-state index is 12.8. The molecule has 3 N–H and O–H groups in total. The number of rotatable bonds is 3. The highest BCUT2D eigenvalue weighted by Crippen LogP contribution is 2.35. The van der Waals surface area contributed by atoms with Gasteiger partial charge >= 0.3 is 6.18 Å². The number of nitrogens with zero attached hydrogens (tertiary/aromatic N) is 1. The minimum atomic E-state index is -4.46. The summed E-state index contributed by atoms with van der Waals surface area (Å²) >= 11 is 0. The lowest BCUT2D eigenvalue weighted by atomic mass is 10.1. The third-order valence-corrected chi connectivity index (χ3v) is 2.51. The molecule has 1 heterocycles. The molecule has 2 rings (SSSR count). The van der Waals surface area contributed by atoms with E-state index in [9.17, 15) is 13.2 Å². The van der Waals surface area contributed by atoms with Crippen LogP contribution in [0.3, 0.4) is 0 Å². The average molecular weight is 271 g/mol. The number of aromatic amines is 1. The summed E-state index contributed by atoms with van der Waals surface area (Å²) in [5, 5.41) is 6.43. The van der Waals surface area contributed by atoms with Gasteiger partial charge in [-0.15, -0.1) is 5.10 Å². The molecule has 2 aromatic rings. The highest BCUT2D eigenvalue weighted by atomic mass is 19.4. The molecule has 7 heteroatoms. The fourth-order valence-corrected chi connectivity index (χ4v) is 1.63. The number of halogens is 3. The van der Waals surface area contributed by atoms with E-state index in [1.54, 1.807) is 13.0 Å². The Morgan fingerprint density at radius 2 is 2.05 bits per heavy atom. The van der Waals surface area contributed by atoms with Gasteiger partial charge in [-0.25, -0.2) is 0 Å². The van der Waals surface area contributed by atoms with Gasteiger partial charge in [-0.1, -0.05) is 6.07 Å². The summed E-state index contributed by atoms with van der Waals surface area (Å²) in [4.78, 5) is 0. The third kappa shape index (κ3) is 3.05. The molecule has 0 atom stereocenters. The van der Waals surface area contributed by atoms with Crippen molar-refractivity contribution >= 4 is 0 Å². The van der Waals surface area contributed by atoms with Crippen molar-refractivity contribution in [1.82, 2.24) is 10.2 Å². The number of nitrogens with one attached hydrogen (secondary N) is 1. The second-order valence-corrected chi connectivity index (χ2v) is 4.01. The zero-order chi connectivity index (χ0) is 14.0. The lowest BCUT2D eigenvalue weighted by Crippen LogP contribution is -2.12. The van der Waals surface area contributed by atoms with Crippen LogP contribution < -0.4 is 10.5 Å². The number of aromatic nitrogens is 2. The number of hydrogen-bond acceptors (Lipinski definition) is 3. The topological polar surface area (TPSA) is 63.9 Å². The van der Waals surface area contributed by atoms with Gasteiger partial charge in [-0.3, -0.25) is 5.10 Å². The van der Waals surface area contributed by atoms with Crippen LogP contribution in [0, 0.1) is 6.92 Å². The number of H-pyrrole nitrogens is 1. The first-order valence-corrected chi connectivity index (χ1v) is 5.50. The molecule has 1 aromatic carbocycles. The van der Waals surface area contributed by atoms with E-state index < -0.39 is 11.7 Å². The van der Waals surface area contributed by atoms with Crippen LogP contribution in [0.15, 0.2) is 24.3 Å². The summed E-state index contributed by atoms with van der Waals surface area (Å²) in [5.41, 5.74) is 5.28. The fraction of sp³-hybridized carbons (Fsp3) is 0.250. The second-order valence-electron chi connectivity index (χ2n) is 4.01. The number of hydrogen-bond donors (Lipinski definition) is 2. The lowest BCUT2D eigenvalue weighted by Gasteiger charge is -2.13. The Morgan fingerprint density at radius 1 is 1.32 bits per heavy atom. The molecule has 0 radical (unpaired) electrons. The maximum atomic E-state index is 12.8. The number of aryl methyl sites for hydroxylation is 1. The summed E-state index contributed by atoms with van der Waals surface area (Å²) in [7, 11) is 0. The molecule has 0 aliphatic rings. The van der Waals surface area contributed by atoms with Crippen LogP contribution in [0.5, 0.6) is 11.6 Å². The van der Waals surface area contributed by atoms with Gasteiger partial charge in [0, 0.05) is 18.3 Å². The Hall–Kier alpha value is -2.02. The highest BCUT2D eigenvalue weighted by Gasteiger charge is 2.33. The Kier molecular flexibility index (Phi) is 3.48. The molecule has 0 aliphatic heterocycles. The van der Waals surface area contributed by atoms with Crippen LogP contribution in [0.4, 0.5) is 13.2 Å². The summed E-state index contributed by atoms with van der Waals surface area (Å²) in [6, 6.07) is 5.25. The van der Waals surface area contributed by atoms with Gasteiger partial charge < -0.3 is 10.5 Å². The SMILES string of the molecule is Cc1cc(Oc2ccc(CN)c(C(F)(F)F)c2)n[nH]1. The van der Waals surface area contributed by atoms with Crippen LogP contribution in [0.25, 0.3) is 0 Å². The molecule has 1 aromatic heterocycles. The molecular weight excluding hydrogens is 259 g/mol. The van der Waals surface area contributed by atoms with Crippen molar-refractivity contribution in [2.75, 3.05) is 0 Å². The van der Waals surface area contributed by atoms with Crippen molar-refractivity contribution in [3.05, 3.63) is 41.1 Å². The van der Waals surface area contributed by atoms with Gasteiger partial charge in [0.2, 0.25) is 5.88 Å². The molecule has 0 saturated carbocycles. The lowest BCUT2D eigenvalue weighted by molar-refractivity contribution is -0.138. The zero-order valence-corrected chi connectivity index (χ0v) is 10.1. The predicted octanol–water partition coefficient (Wildman–Crippen LogP) is 2.99. The van der Waals surface area contributed by atoms with E-state index >= 15 is 0 Å². The Labute approximate surface area is 107 Å². The van der Waals surface area contributed by atoms with Crippen LogP contribution in [0.2, 0.25) is 0 Å². The van der Waals surface area contributed by atoms with Gasteiger partial charge in [0.1, 0.15) is 5.75 Å². The summed E-state index contributed by atoms with van der Waals surface area (Å²) < 4.78 is 43.7. The first-order valence-electron chi connectivity index (χ1n) is 5.50. The predicted molar refractivity (Wildman–Crippen MR) is 62.7 cm³/mol. The number of benzene rings is 1. The molecule has 0 fully saturated rings. The molecule has 0 bridgehead atoms. The van der Waals surface area contributed by atoms with Crippen molar-refractivity contribution in [1.29, 1.82) is 0 Å². The molecule has 4 nitrogen and oxygen atoms in total. The quantitative estimate of drug-likeness (QED) is 0.902. The average Bonchev–Trinajstić information content (AvgIpc) is 2.73. The summed E-state index contributed by atoms with van der Waals surface area (Å²) in [6.45, 7) is 1.58. The van der Waals surface area contributed by atoms with Crippen LogP contribution >= 0.6 is 0 Å². The monoisotopic (exact) mass is 271 g/mol. The molecule has 0 unspecified atom stereocenters. The van der Waals surface area contributed by atoms with Crippen LogP contribution in [-0.4, -0.2) is 10.2 Å². The highest BCUT2D eigenvalue weighted by molar-refractivity contribution is 5.39. The molecule has 0 aliphatic carbocycles. The Morgan fingerprint density at radius 3 is 2.58 bits per heavy atom. The van der Waals surface area contributed by atoms with Crippen molar-refractivity contribution < 1.29 is 17.9 Å². The fourth-order valence-electron chi connectivity index (χ4n) is 1.63. The first kappa shape index (κ1) is 13.4. The molecule has 0 amide bonds. The maximum Gasteiger partial charge on any atom is 0.416 e. The number of ether oxygens (including phenoxy) is 1. The largest absolute Gasteiger partial charge is 0.438 e. The standard InChI is InChI=1S/C12H12F3N3O/c1-7-4-11(18-17-7)19-9-3-2-8(6-16)10(5-9)12(13,14)15/h2-5H,6,16H2,1H3,(H,17,18). The molecule has 19 heavy (non-hydrogen) atoms. The van der Waals surface area contributed by atoms with E-state index in [2.05, 4.69) is 10.2 Å². The molecule has 102 valence electrons. The van der Waals surface area contributed by atoms with Gasteiger partial charge in [0.05, 0.1) is 5.56 Å². The van der Waals surface area contributed by atoms with Gasteiger partial charge in [-0.05, 0) is 24.6 Å². The van der Waals surface area contributed by atoms with Gasteiger partial charge in [0.25, 0.3) is 0 Å². The number of alkyl halides is 3. The van der Waals surface area contributed by atoms with E-state index in [-0.39, 0.29) is 23.7 Å². The first-order chi connectivity index (χ1) is 8.90. The summed E-state index contributed by atoms with van der Waals surface area (Å²) in [5.74, 6) is 0.280. The Bertz CT molecular complexity index is 578. The van der Waals surface area contributed by atoms with E-state index in [0.717, 1.165) is 11.8 Å². The van der Waals surface area contributed by atoms with E-state index in [0.29, 0.717) is 0 Å². The van der Waals surface area contributed by atoms with Crippen LogP contribution in [-0.2, 0) is 12.7 Å².